The first-order valence-electron chi connectivity index (χ1n) is 6.74. The van der Waals surface area contributed by atoms with Crippen LogP contribution < -0.4 is 0 Å². The Kier molecular flexibility index (Phi) is 3.97. The minimum atomic E-state index is -3.08. The number of benzene rings is 1. The molecular weight excluding hydrogens is 308 g/mol. The summed E-state index contributed by atoms with van der Waals surface area (Å²) >= 11 is 6.16. The molecule has 0 unspecified atom stereocenters. The molecule has 2 heterocycles. The third kappa shape index (κ3) is 3.10. The average Bonchev–Trinajstić information content (AvgIpc) is 2.79. The minimum Gasteiger partial charge on any atom is -0.255 e. The predicted molar refractivity (Wildman–Crippen MR) is 83.5 cm³/mol. The third-order valence-corrected chi connectivity index (χ3v) is 5.73. The molecule has 1 aromatic carbocycles. The van der Waals surface area contributed by atoms with Crippen LogP contribution in [0.4, 0.5) is 0 Å². The standard InChI is InChI=1S/C15H15ClN2O2S/c16-14-6-2-7-17-15(14)13-5-1-4-12(10-13)11-18-8-3-9-21(18,19)20/h1-2,4-7,10H,3,8-9,11H2. The molecule has 0 N–H and O–H groups in total. The van der Waals surface area contributed by atoms with Crippen molar-refractivity contribution < 1.29 is 8.42 Å². The van der Waals surface area contributed by atoms with Crippen molar-refractivity contribution in [2.24, 2.45) is 0 Å². The van der Waals surface area contributed by atoms with E-state index in [9.17, 15) is 8.42 Å². The largest absolute Gasteiger partial charge is 0.255 e. The molecule has 1 saturated heterocycles. The van der Waals surface area contributed by atoms with E-state index in [1.807, 2.05) is 24.3 Å². The Hall–Kier alpha value is -1.43. The minimum absolute atomic E-state index is 0.249. The van der Waals surface area contributed by atoms with Gasteiger partial charge in [-0.15, -0.1) is 0 Å². The van der Waals surface area contributed by atoms with Gasteiger partial charge < -0.3 is 0 Å². The Balaban J connectivity index is 1.89. The topological polar surface area (TPSA) is 50.3 Å². The van der Waals surface area contributed by atoms with Gasteiger partial charge in [0.25, 0.3) is 0 Å². The molecule has 21 heavy (non-hydrogen) atoms. The van der Waals surface area contributed by atoms with Crippen LogP contribution in [0.3, 0.4) is 0 Å². The number of hydrogen-bond donors (Lipinski definition) is 0. The molecule has 1 aliphatic rings. The molecule has 0 atom stereocenters. The van der Waals surface area contributed by atoms with Gasteiger partial charge in [-0.25, -0.2) is 8.42 Å². The summed E-state index contributed by atoms with van der Waals surface area (Å²) in [6, 6.07) is 11.3. The van der Waals surface area contributed by atoms with E-state index in [1.54, 1.807) is 18.3 Å². The van der Waals surface area contributed by atoms with Crippen molar-refractivity contribution >= 4 is 21.6 Å². The summed E-state index contributed by atoms with van der Waals surface area (Å²) in [7, 11) is -3.08. The number of rotatable bonds is 3. The maximum atomic E-state index is 11.9. The van der Waals surface area contributed by atoms with Crippen LogP contribution in [0.25, 0.3) is 11.3 Å². The van der Waals surface area contributed by atoms with Gasteiger partial charge >= 0.3 is 0 Å². The maximum absolute atomic E-state index is 11.9. The Labute approximate surface area is 129 Å². The van der Waals surface area contributed by atoms with Crippen LogP contribution in [0.1, 0.15) is 12.0 Å². The van der Waals surface area contributed by atoms with Crippen LogP contribution in [-0.2, 0) is 16.6 Å². The molecular formula is C15H15ClN2O2S. The molecule has 0 amide bonds. The zero-order chi connectivity index (χ0) is 14.9. The quantitative estimate of drug-likeness (QED) is 0.873. The van der Waals surface area contributed by atoms with Gasteiger partial charge in [0.05, 0.1) is 16.5 Å². The molecule has 0 saturated carbocycles. The number of nitrogens with zero attached hydrogens (tertiary/aromatic N) is 2. The second-order valence-electron chi connectivity index (χ2n) is 5.04. The number of pyridine rings is 1. The Morgan fingerprint density at radius 2 is 2.10 bits per heavy atom. The van der Waals surface area contributed by atoms with Crippen LogP contribution in [-0.4, -0.2) is 30.0 Å². The first-order chi connectivity index (χ1) is 10.1. The second-order valence-corrected chi connectivity index (χ2v) is 7.53. The summed E-state index contributed by atoms with van der Waals surface area (Å²) in [5.41, 5.74) is 2.56. The van der Waals surface area contributed by atoms with E-state index in [2.05, 4.69) is 4.98 Å². The summed E-state index contributed by atoms with van der Waals surface area (Å²) in [4.78, 5) is 4.29. The van der Waals surface area contributed by atoms with Gasteiger partial charge in [0.1, 0.15) is 0 Å². The molecule has 1 aliphatic heterocycles. The molecule has 1 aromatic heterocycles. The summed E-state index contributed by atoms with van der Waals surface area (Å²) in [5.74, 6) is 0.249. The van der Waals surface area contributed by atoms with Gasteiger partial charge in [-0.05, 0) is 30.2 Å². The monoisotopic (exact) mass is 322 g/mol. The zero-order valence-corrected chi connectivity index (χ0v) is 12.9. The smallest absolute Gasteiger partial charge is 0.214 e. The van der Waals surface area contributed by atoms with Gasteiger partial charge in [0, 0.05) is 24.8 Å². The van der Waals surface area contributed by atoms with E-state index >= 15 is 0 Å². The highest BCUT2D eigenvalue weighted by molar-refractivity contribution is 7.89. The van der Waals surface area contributed by atoms with Gasteiger partial charge in [0.15, 0.2) is 0 Å². The van der Waals surface area contributed by atoms with Gasteiger partial charge in [-0.3, -0.25) is 4.98 Å². The summed E-state index contributed by atoms with van der Waals surface area (Å²) < 4.78 is 25.3. The highest BCUT2D eigenvalue weighted by Gasteiger charge is 2.27. The fourth-order valence-electron chi connectivity index (χ4n) is 2.49. The molecule has 6 heteroatoms. The molecule has 0 aliphatic carbocycles. The van der Waals surface area contributed by atoms with Gasteiger partial charge in [-0.2, -0.15) is 4.31 Å². The van der Waals surface area contributed by atoms with E-state index < -0.39 is 10.0 Å². The van der Waals surface area contributed by atoms with Crippen molar-refractivity contribution in [2.45, 2.75) is 13.0 Å². The summed E-state index contributed by atoms with van der Waals surface area (Å²) in [6.45, 7) is 0.998. The van der Waals surface area contributed by atoms with Crippen LogP contribution in [0.15, 0.2) is 42.6 Å². The maximum Gasteiger partial charge on any atom is 0.214 e. The highest BCUT2D eigenvalue weighted by atomic mass is 35.5. The van der Waals surface area contributed by atoms with Gasteiger partial charge in [-0.1, -0.05) is 29.8 Å². The lowest BCUT2D eigenvalue weighted by molar-refractivity contribution is 0.440. The molecule has 3 rings (SSSR count). The van der Waals surface area contributed by atoms with Crippen molar-refractivity contribution in [1.82, 2.24) is 9.29 Å². The molecule has 0 radical (unpaired) electrons. The number of halogens is 1. The van der Waals surface area contributed by atoms with E-state index in [4.69, 9.17) is 11.6 Å². The SMILES string of the molecule is O=S1(=O)CCCN1Cc1cccc(-c2ncccc2Cl)c1. The fourth-order valence-corrected chi connectivity index (χ4v) is 4.22. The van der Waals surface area contributed by atoms with Crippen LogP contribution in [0.5, 0.6) is 0 Å². The van der Waals surface area contributed by atoms with Crippen molar-refractivity contribution in [3.05, 3.63) is 53.2 Å². The number of aromatic nitrogens is 1. The Morgan fingerprint density at radius 1 is 1.24 bits per heavy atom. The lowest BCUT2D eigenvalue weighted by atomic mass is 10.1. The predicted octanol–water partition coefficient (Wildman–Crippen LogP) is 2.94. The normalized spacial score (nSPS) is 18.0. The first kappa shape index (κ1) is 14.5. The Morgan fingerprint density at radius 3 is 2.81 bits per heavy atom. The zero-order valence-electron chi connectivity index (χ0n) is 11.4. The molecule has 110 valence electrons. The van der Waals surface area contributed by atoms with E-state index in [1.165, 1.54) is 4.31 Å². The van der Waals surface area contributed by atoms with Crippen LogP contribution in [0.2, 0.25) is 5.02 Å². The van der Waals surface area contributed by atoms with Gasteiger partial charge in [0.2, 0.25) is 10.0 Å². The van der Waals surface area contributed by atoms with E-state index in [-0.39, 0.29) is 5.75 Å². The molecule has 2 aromatic rings. The van der Waals surface area contributed by atoms with Crippen molar-refractivity contribution in [2.75, 3.05) is 12.3 Å². The third-order valence-electron chi connectivity index (χ3n) is 3.52. The van der Waals surface area contributed by atoms with Crippen molar-refractivity contribution in [3.63, 3.8) is 0 Å². The van der Waals surface area contributed by atoms with Crippen LogP contribution >= 0.6 is 11.6 Å². The lowest BCUT2D eigenvalue weighted by Gasteiger charge is -2.15. The number of hydrogen-bond acceptors (Lipinski definition) is 3. The second kappa shape index (κ2) is 5.75. The summed E-state index contributed by atoms with van der Waals surface area (Å²) in [5, 5.41) is 0.587. The fraction of sp³-hybridized carbons (Fsp3) is 0.267. The molecule has 0 spiro atoms. The molecule has 4 nitrogen and oxygen atoms in total. The molecule has 0 bridgehead atoms. The van der Waals surface area contributed by atoms with E-state index in [0.29, 0.717) is 30.2 Å². The van der Waals surface area contributed by atoms with Crippen molar-refractivity contribution in [1.29, 1.82) is 0 Å². The average molecular weight is 323 g/mol. The van der Waals surface area contributed by atoms with E-state index in [0.717, 1.165) is 11.1 Å². The molecule has 1 fully saturated rings. The Bertz CT molecular complexity index is 762. The highest BCUT2D eigenvalue weighted by Crippen LogP contribution is 2.26. The number of sulfonamides is 1. The lowest BCUT2D eigenvalue weighted by Crippen LogP contribution is -2.25. The van der Waals surface area contributed by atoms with Crippen molar-refractivity contribution in [3.8, 4) is 11.3 Å². The van der Waals surface area contributed by atoms with Crippen LogP contribution in [0, 0.1) is 0 Å². The summed E-state index contributed by atoms with van der Waals surface area (Å²) in [6.07, 6.45) is 2.40. The first-order valence-corrected chi connectivity index (χ1v) is 8.73.